The highest BCUT2D eigenvalue weighted by Crippen LogP contribution is 2.30. The lowest BCUT2D eigenvalue weighted by atomic mass is 10.1. The van der Waals surface area contributed by atoms with Crippen molar-refractivity contribution in [3.8, 4) is 5.75 Å². The molecular weight excluding hydrogens is 418 g/mol. The van der Waals surface area contributed by atoms with Crippen LogP contribution in [-0.2, 0) is 14.8 Å². The van der Waals surface area contributed by atoms with E-state index < -0.39 is 28.4 Å². The molecule has 9 heteroatoms. The summed E-state index contributed by atoms with van der Waals surface area (Å²) in [4.78, 5) is 24.4. The summed E-state index contributed by atoms with van der Waals surface area (Å²) in [6.07, 6.45) is 1.58. The van der Waals surface area contributed by atoms with Crippen molar-refractivity contribution in [1.82, 2.24) is 4.31 Å². The van der Waals surface area contributed by atoms with E-state index in [2.05, 4.69) is 0 Å². The first-order valence-corrected chi connectivity index (χ1v) is 10.8. The molecule has 1 aliphatic heterocycles. The van der Waals surface area contributed by atoms with E-state index in [1.165, 1.54) is 41.7 Å². The minimum atomic E-state index is -3.79. The second-order valence-electron chi connectivity index (χ2n) is 6.48. The van der Waals surface area contributed by atoms with Crippen LogP contribution < -0.4 is 4.74 Å². The van der Waals surface area contributed by atoms with Gasteiger partial charge in [0.1, 0.15) is 10.6 Å². The van der Waals surface area contributed by atoms with Crippen LogP contribution in [0.25, 0.3) is 0 Å². The summed E-state index contributed by atoms with van der Waals surface area (Å²) in [5.74, 6) is -1.05. The number of esters is 1. The molecule has 154 valence electrons. The molecule has 0 unspecified atom stereocenters. The van der Waals surface area contributed by atoms with Gasteiger partial charge in [0, 0.05) is 23.7 Å². The third kappa shape index (κ3) is 4.77. The molecule has 3 rings (SSSR count). The van der Waals surface area contributed by atoms with E-state index in [4.69, 9.17) is 21.1 Å². The van der Waals surface area contributed by atoms with Crippen molar-refractivity contribution in [3.05, 3.63) is 58.6 Å². The minimum Gasteiger partial charge on any atom is -0.495 e. The number of hydrogen-bond donors (Lipinski definition) is 0. The predicted octanol–water partition coefficient (Wildman–Crippen LogP) is 3.17. The number of ether oxygens (including phenoxy) is 2. The fraction of sp³-hybridized carbons (Fsp3) is 0.300. The maximum atomic E-state index is 12.9. The van der Waals surface area contributed by atoms with Gasteiger partial charge in [-0.25, -0.2) is 13.2 Å². The van der Waals surface area contributed by atoms with Crippen molar-refractivity contribution in [3.63, 3.8) is 0 Å². The summed E-state index contributed by atoms with van der Waals surface area (Å²) < 4.78 is 37.4. The van der Waals surface area contributed by atoms with E-state index in [9.17, 15) is 18.0 Å². The van der Waals surface area contributed by atoms with Gasteiger partial charge >= 0.3 is 5.97 Å². The number of methoxy groups -OCH3 is 1. The van der Waals surface area contributed by atoms with Crippen LogP contribution in [0.5, 0.6) is 5.75 Å². The van der Waals surface area contributed by atoms with Crippen LogP contribution in [0.3, 0.4) is 0 Å². The maximum Gasteiger partial charge on any atom is 0.338 e. The van der Waals surface area contributed by atoms with E-state index in [1.54, 1.807) is 12.1 Å². The normalized spacial score (nSPS) is 14.6. The van der Waals surface area contributed by atoms with Gasteiger partial charge in [-0.3, -0.25) is 4.79 Å². The molecule has 0 amide bonds. The van der Waals surface area contributed by atoms with E-state index in [-0.39, 0.29) is 16.2 Å². The van der Waals surface area contributed by atoms with Gasteiger partial charge in [-0.2, -0.15) is 4.31 Å². The molecule has 1 fully saturated rings. The van der Waals surface area contributed by atoms with Gasteiger partial charge in [-0.15, -0.1) is 0 Å². The Morgan fingerprint density at radius 1 is 1.03 bits per heavy atom. The molecule has 7 nitrogen and oxygen atoms in total. The van der Waals surface area contributed by atoms with Crippen LogP contribution in [0.4, 0.5) is 0 Å². The van der Waals surface area contributed by atoms with Crippen LogP contribution in [0, 0.1) is 0 Å². The van der Waals surface area contributed by atoms with Crippen molar-refractivity contribution in [1.29, 1.82) is 0 Å². The lowest BCUT2D eigenvalue weighted by Crippen LogP contribution is -2.28. The van der Waals surface area contributed by atoms with Crippen molar-refractivity contribution in [2.24, 2.45) is 0 Å². The maximum absolute atomic E-state index is 12.9. The lowest BCUT2D eigenvalue weighted by Gasteiger charge is -2.18. The fourth-order valence-corrected chi connectivity index (χ4v) is 4.83. The smallest absolute Gasteiger partial charge is 0.338 e. The Bertz CT molecular complexity index is 1010. The molecule has 0 bridgehead atoms. The second kappa shape index (κ2) is 8.94. The van der Waals surface area contributed by atoms with Crippen LogP contribution in [0.15, 0.2) is 47.4 Å². The Morgan fingerprint density at radius 3 is 2.28 bits per heavy atom. The first-order chi connectivity index (χ1) is 13.8. The van der Waals surface area contributed by atoms with Gasteiger partial charge in [0.25, 0.3) is 0 Å². The summed E-state index contributed by atoms with van der Waals surface area (Å²) >= 11 is 5.79. The van der Waals surface area contributed by atoms with E-state index >= 15 is 0 Å². The Balaban J connectivity index is 1.77. The van der Waals surface area contributed by atoms with Crippen molar-refractivity contribution in [2.45, 2.75) is 17.7 Å². The summed E-state index contributed by atoms with van der Waals surface area (Å²) in [5, 5.41) is 0.489. The van der Waals surface area contributed by atoms with Crippen molar-refractivity contribution in [2.75, 3.05) is 26.8 Å². The molecular formula is C20H20ClNO6S. The number of Topliss-reactive ketones (excluding diaryl/α,β-unsaturated/α-hetero) is 1. The largest absolute Gasteiger partial charge is 0.495 e. The van der Waals surface area contributed by atoms with Crippen LogP contribution in [0.2, 0.25) is 5.02 Å². The highest BCUT2D eigenvalue weighted by molar-refractivity contribution is 7.89. The zero-order valence-electron chi connectivity index (χ0n) is 15.8. The Kier molecular flexibility index (Phi) is 6.56. The molecule has 0 aliphatic carbocycles. The molecule has 1 heterocycles. The predicted molar refractivity (Wildman–Crippen MR) is 107 cm³/mol. The quantitative estimate of drug-likeness (QED) is 0.488. The number of rotatable bonds is 7. The average Bonchev–Trinajstić information content (AvgIpc) is 3.27. The lowest BCUT2D eigenvalue weighted by molar-refractivity contribution is 0.0474. The molecule has 2 aromatic carbocycles. The minimum absolute atomic E-state index is 0.0208. The van der Waals surface area contributed by atoms with E-state index in [0.717, 1.165) is 12.8 Å². The third-order valence-corrected chi connectivity index (χ3v) is 6.75. The number of nitrogens with zero attached hydrogens (tertiary/aromatic N) is 1. The van der Waals surface area contributed by atoms with E-state index in [0.29, 0.717) is 23.7 Å². The molecule has 0 aromatic heterocycles. The van der Waals surface area contributed by atoms with Gasteiger partial charge in [0.05, 0.1) is 12.7 Å². The summed E-state index contributed by atoms with van der Waals surface area (Å²) in [6.45, 7) is 0.381. The zero-order valence-corrected chi connectivity index (χ0v) is 17.3. The summed E-state index contributed by atoms with van der Waals surface area (Å²) in [5.41, 5.74) is 0.377. The zero-order chi connectivity index (χ0) is 21.0. The number of halogens is 1. The average molecular weight is 438 g/mol. The van der Waals surface area contributed by atoms with Gasteiger partial charge in [-0.1, -0.05) is 11.6 Å². The number of benzene rings is 2. The number of hydrogen-bond acceptors (Lipinski definition) is 6. The number of carbonyl (C=O) groups is 2. The van der Waals surface area contributed by atoms with Crippen LogP contribution >= 0.6 is 11.6 Å². The molecule has 0 atom stereocenters. The van der Waals surface area contributed by atoms with Gasteiger partial charge in [-0.05, 0) is 55.3 Å². The summed E-state index contributed by atoms with van der Waals surface area (Å²) in [6, 6.07) is 10.2. The monoisotopic (exact) mass is 437 g/mol. The van der Waals surface area contributed by atoms with Gasteiger partial charge in [0.2, 0.25) is 10.0 Å². The number of ketones is 1. The third-order valence-electron chi connectivity index (χ3n) is 4.58. The Morgan fingerprint density at radius 2 is 1.66 bits per heavy atom. The molecule has 1 aliphatic rings. The first-order valence-electron chi connectivity index (χ1n) is 8.97. The number of carbonyl (C=O) groups excluding carboxylic acids is 2. The molecule has 0 N–H and O–H groups in total. The molecule has 2 aromatic rings. The van der Waals surface area contributed by atoms with Gasteiger partial charge < -0.3 is 9.47 Å². The molecule has 0 saturated carbocycles. The Labute approximate surface area is 174 Å². The SMILES string of the molecule is COc1ccc(C(=O)OCC(=O)c2ccc(Cl)cc2)cc1S(=O)(=O)N1CCCC1. The molecule has 0 radical (unpaired) electrons. The van der Waals surface area contributed by atoms with Crippen molar-refractivity contribution < 1.29 is 27.5 Å². The van der Waals surface area contributed by atoms with E-state index in [1.807, 2.05) is 0 Å². The molecule has 1 saturated heterocycles. The van der Waals surface area contributed by atoms with Gasteiger partial charge in [0.15, 0.2) is 12.4 Å². The Hall–Kier alpha value is -2.42. The van der Waals surface area contributed by atoms with Crippen LogP contribution in [0.1, 0.15) is 33.6 Å². The highest BCUT2D eigenvalue weighted by atomic mass is 35.5. The fourth-order valence-electron chi connectivity index (χ4n) is 3.01. The van der Waals surface area contributed by atoms with Crippen molar-refractivity contribution >= 4 is 33.4 Å². The highest BCUT2D eigenvalue weighted by Gasteiger charge is 2.31. The topological polar surface area (TPSA) is 90.0 Å². The molecule has 29 heavy (non-hydrogen) atoms. The standard InChI is InChI=1S/C20H20ClNO6S/c1-27-18-9-6-15(12-19(18)29(25,26)22-10-2-3-11-22)20(24)28-13-17(23)14-4-7-16(21)8-5-14/h4-9,12H,2-3,10-11,13H2,1H3. The summed E-state index contributed by atoms with van der Waals surface area (Å²) in [7, 11) is -2.43. The first kappa shape index (κ1) is 21.3. The number of sulfonamides is 1. The molecule has 0 spiro atoms. The van der Waals surface area contributed by atoms with Crippen LogP contribution in [-0.4, -0.2) is 51.3 Å². The second-order valence-corrected chi connectivity index (χ2v) is 8.83.